The third-order valence-corrected chi connectivity index (χ3v) is 5.94. The van der Waals surface area contributed by atoms with Gasteiger partial charge in [-0.25, -0.2) is 9.44 Å². The van der Waals surface area contributed by atoms with Crippen LogP contribution in [0.2, 0.25) is 0 Å². The number of benzene rings is 1. The zero-order valence-corrected chi connectivity index (χ0v) is 16.9. The van der Waals surface area contributed by atoms with Crippen molar-refractivity contribution in [2.45, 2.75) is 26.3 Å². The van der Waals surface area contributed by atoms with Crippen molar-refractivity contribution in [2.24, 2.45) is 0 Å². The molecule has 2 N–H and O–H groups in total. The Balaban J connectivity index is 2.10. The van der Waals surface area contributed by atoms with Crippen molar-refractivity contribution < 1.29 is 13.2 Å². The molecule has 8 heteroatoms. The molecule has 1 aliphatic heterocycles. The minimum Gasteiger partial charge on any atom is -0.497 e. The van der Waals surface area contributed by atoms with Crippen LogP contribution in [0.4, 0.5) is 0 Å². The van der Waals surface area contributed by atoms with Crippen LogP contribution in [0.25, 0.3) is 0 Å². The van der Waals surface area contributed by atoms with Gasteiger partial charge in [-0.2, -0.15) is 8.42 Å². The van der Waals surface area contributed by atoms with Crippen molar-refractivity contribution in [3.63, 3.8) is 0 Å². The van der Waals surface area contributed by atoms with Gasteiger partial charge in [0.15, 0.2) is 0 Å². The second kappa shape index (κ2) is 10.2. The van der Waals surface area contributed by atoms with Crippen molar-refractivity contribution in [3.8, 4) is 5.75 Å². The first-order chi connectivity index (χ1) is 12.5. The van der Waals surface area contributed by atoms with Crippen LogP contribution >= 0.6 is 0 Å². The Morgan fingerprint density at radius 3 is 2.27 bits per heavy atom. The summed E-state index contributed by atoms with van der Waals surface area (Å²) in [5.41, 5.74) is 1.09. The maximum Gasteiger partial charge on any atom is 0.276 e. The molecule has 0 radical (unpaired) electrons. The molecule has 2 rings (SSSR count). The Bertz CT molecular complexity index is 628. The molecule has 1 atom stereocenters. The standard InChI is InChI=1S/C18H32N4O3S/c1-4-10-19-26(23,24)20-15-18(16-6-8-17(25-3)9-7-16)22-13-11-21(5-2)12-14-22/h6-9,18-20H,4-5,10-15H2,1-3H3. The number of nitrogens with zero attached hydrogens (tertiary/aromatic N) is 2. The molecule has 0 spiro atoms. The van der Waals surface area contributed by atoms with Crippen LogP contribution in [0.1, 0.15) is 31.9 Å². The molecule has 7 nitrogen and oxygen atoms in total. The van der Waals surface area contributed by atoms with E-state index in [0.29, 0.717) is 13.1 Å². The van der Waals surface area contributed by atoms with E-state index in [0.717, 1.165) is 50.5 Å². The van der Waals surface area contributed by atoms with Crippen molar-refractivity contribution in [3.05, 3.63) is 29.8 Å². The summed E-state index contributed by atoms with van der Waals surface area (Å²) in [6, 6.07) is 7.88. The van der Waals surface area contributed by atoms with Crippen LogP contribution in [-0.2, 0) is 10.2 Å². The monoisotopic (exact) mass is 384 g/mol. The second-order valence-electron chi connectivity index (χ2n) is 6.51. The molecule has 1 saturated heterocycles. The van der Waals surface area contributed by atoms with Gasteiger partial charge in [-0.15, -0.1) is 0 Å². The quantitative estimate of drug-likeness (QED) is 0.634. The number of methoxy groups -OCH3 is 1. The van der Waals surface area contributed by atoms with E-state index in [9.17, 15) is 8.42 Å². The lowest BCUT2D eigenvalue weighted by atomic mass is 10.0. The highest BCUT2D eigenvalue weighted by atomic mass is 32.2. The highest BCUT2D eigenvalue weighted by Gasteiger charge is 2.26. The van der Waals surface area contributed by atoms with Crippen molar-refractivity contribution in [2.75, 3.05) is 52.9 Å². The van der Waals surface area contributed by atoms with E-state index in [1.165, 1.54) is 0 Å². The van der Waals surface area contributed by atoms with Gasteiger partial charge in [-0.1, -0.05) is 26.0 Å². The van der Waals surface area contributed by atoms with E-state index in [4.69, 9.17) is 4.74 Å². The number of likely N-dealkylation sites (N-methyl/N-ethyl adjacent to an activating group) is 1. The number of rotatable bonds is 10. The zero-order valence-electron chi connectivity index (χ0n) is 16.1. The third-order valence-electron chi connectivity index (χ3n) is 4.80. The van der Waals surface area contributed by atoms with Gasteiger partial charge in [-0.05, 0) is 30.7 Å². The average Bonchev–Trinajstić information content (AvgIpc) is 2.67. The molecular weight excluding hydrogens is 352 g/mol. The fourth-order valence-electron chi connectivity index (χ4n) is 3.15. The molecule has 0 aliphatic carbocycles. The molecular formula is C18H32N4O3S. The number of piperazine rings is 1. The summed E-state index contributed by atoms with van der Waals surface area (Å²) in [6.07, 6.45) is 0.766. The van der Waals surface area contributed by atoms with E-state index >= 15 is 0 Å². The van der Waals surface area contributed by atoms with Crippen LogP contribution < -0.4 is 14.2 Å². The molecule has 1 aromatic rings. The average molecular weight is 385 g/mol. The third kappa shape index (κ3) is 6.21. The normalized spacial score (nSPS) is 18.0. The van der Waals surface area contributed by atoms with Crippen LogP contribution in [0.3, 0.4) is 0 Å². The minimum atomic E-state index is -3.48. The lowest BCUT2D eigenvalue weighted by molar-refractivity contribution is 0.100. The van der Waals surface area contributed by atoms with Crippen LogP contribution in [0.5, 0.6) is 5.75 Å². The summed E-state index contributed by atoms with van der Waals surface area (Å²) in [5, 5.41) is 0. The molecule has 1 aromatic carbocycles. The Labute approximate surface area is 157 Å². The number of ether oxygens (including phenoxy) is 1. The maximum atomic E-state index is 12.1. The zero-order chi connectivity index (χ0) is 19.0. The molecule has 0 bridgehead atoms. The molecule has 0 saturated carbocycles. The summed E-state index contributed by atoms with van der Waals surface area (Å²) in [6.45, 7) is 9.81. The van der Waals surface area contributed by atoms with Gasteiger partial charge >= 0.3 is 0 Å². The number of hydrogen-bond acceptors (Lipinski definition) is 5. The van der Waals surface area contributed by atoms with E-state index in [2.05, 4.69) is 26.2 Å². The maximum absolute atomic E-state index is 12.1. The largest absolute Gasteiger partial charge is 0.497 e. The summed E-state index contributed by atoms with van der Waals surface area (Å²) >= 11 is 0. The molecule has 0 amide bonds. The van der Waals surface area contributed by atoms with Gasteiger partial charge < -0.3 is 9.64 Å². The van der Waals surface area contributed by atoms with Gasteiger partial charge in [0, 0.05) is 45.3 Å². The first-order valence-corrected chi connectivity index (χ1v) is 10.8. The van der Waals surface area contributed by atoms with Crippen molar-refractivity contribution in [1.29, 1.82) is 0 Å². The molecule has 1 aliphatic rings. The predicted molar refractivity (Wildman–Crippen MR) is 105 cm³/mol. The van der Waals surface area contributed by atoms with Crippen LogP contribution in [0, 0.1) is 0 Å². The minimum absolute atomic E-state index is 0.00175. The first-order valence-electron chi connectivity index (χ1n) is 9.33. The molecule has 1 heterocycles. The van der Waals surface area contributed by atoms with Gasteiger partial charge in [-0.3, -0.25) is 4.90 Å². The fraction of sp³-hybridized carbons (Fsp3) is 0.667. The number of hydrogen-bond donors (Lipinski definition) is 2. The first kappa shape index (κ1) is 21.1. The van der Waals surface area contributed by atoms with Crippen LogP contribution in [0.15, 0.2) is 24.3 Å². The highest BCUT2D eigenvalue weighted by Crippen LogP contribution is 2.24. The van der Waals surface area contributed by atoms with Gasteiger partial charge in [0.05, 0.1) is 7.11 Å². The molecule has 148 valence electrons. The summed E-state index contributed by atoms with van der Waals surface area (Å²) in [7, 11) is -1.83. The molecule has 0 aromatic heterocycles. The summed E-state index contributed by atoms with van der Waals surface area (Å²) in [5.74, 6) is 0.800. The van der Waals surface area contributed by atoms with E-state index < -0.39 is 10.2 Å². The van der Waals surface area contributed by atoms with Crippen LogP contribution in [-0.4, -0.2) is 71.1 Å². The lowest BCUT2D eigenvalue weighted by Crippen LogP contribution is -2.50. The van der Waals surface area contributed by atoms with E-state index in [-0.39, 0.29) is 6.04 Å². The smallest absolute Gasteiger partial charge is 0.276 e. The van der Waals surface area contributed by atoms with E-state index in [1.54, 1.807) is 7.11 Å². The highest BCUT2D eigenvalue weighted by molar-refractivity contribution is 7.87. The molecule has 26 heavy (non-hydrogen) atoms. The van der Waals surface area contributed by atoms with E-state index in [1.807, 2.05) is 31.2 Å². The van der Waals surface area contributed by atoms with Gasteiger partial charge in [0.1, 0.15) is 5.75 Å². The van der Waals surface area contributed by atoms with Gasteiger partial charge in [0.2, 0.25) is 0 Å². The van der Waals surface area contributed by atoms with Crippen molar-refractivity contribution in [1.82, 2.24) is 19.2 Å². The Hall–Kier alpha value is -1.19. The lowest BCUT2D eigenvalue weighted by Gasteiger charge is -2.39. The fourth-order valence-corrected chi connectivity index (χ4v) is 4.10. The topological polar surface area (TPSA) is 73.9 Å². The Kier molecular flexibility index (Phi) is 8.30. The Morgan fingerprint density at radius 2 is 1.73 bits per heavy atom. The number of nitrogens with one attached hydrogen (secondary N) is 2. The molecule has 1 fully saturated rings. The summed E-state index contributed by atoms with van der Waals surface area (Å²) < 4.78 is 34.8. The molecule has 1 unspecified atom stereocenters. The summed E-state index contributed by atoms with van der Waals surface area (Å²) in [4.78, 5) is 4.77. The SMILES string of the molecule is CCCNS(=O)(=O)NCC(c1ccc(OC)cc1)N1CCN(CC)CC1. The van der Waals surface area contributed by atoms with Crippen molar-refractivity contribution >= 4 is 10.2 Å². The predicted octanol–water partition coefficient (Wildman–Crippen LogP) is 1.21. The second-order valence-corrected chi connectivity index (χ2v) is 8.09. The van der Waals surface area contributed by atoms with Gasteiger partial charge in [0.25, 0.3) is 10.2 Å². The Morgan fingerprint density at radius 1 is 1.08 bits per heavy atom.